The molecule has 0 aromatic heterocycles. The van der Waals surface area contributed by atoms with Crippen molar-refractivity contribution < 1.29 is 0 Å². The molecule has 0 spiro atoms. The molecule has 1 atom stereocenters. The lowest BCUT2D eigenvalue weighted by Gasteiger charge is -2.24. The normalized spacial score (nSPS) is 16.1. The van der Waals surface area contributed by atoms with Crippen LogP contribution in [0.1, 0.15) is 97.3 Å². The van der Waals surface area contributed by atoms with Crippen LogP contribution in [0.5, 0.6) is 0 Å². The Balaban J connectivity index is 1.87. The Morgan fingerprint density at radius 3 is 2.17 bits per heavy atom. The second kappa shape index (κ2) is 14.5. The highest BCUT2D eigenvalue weighted by molar-refractivity contribution is 5.83. The van der Waals surface area contributed by atoms with Gasteiger partial charge in [-0.25, -0.2) is 0 Å². The minimum atomic E-state index is 0.105. The van der Waals surface area contributed by atoms with Gasteiger partial charge in [-0.1, -0.05) is 70.4 Å². The van der Waals surface area contributed by atoms with Crippen LogP contribution in [0.15, 0.2) is 17.1 Å². The van der Waals surface area contributed by atoms with Crippen LogP contribution >= 0.6 is 0 Å². The highest BCUT2D eigenvalue weighted by atomic mass is 15.3. The van der Waals surface area contributed by atoms with Gasteiger partial charge in [-0.2, -0.15) is 0 Å². The van der Waals surface area contributed by atoms with E-state index >= 15 is 0 Å². The molecule has 3 heteroatoms. The molecule has 0 bridgehead atoms. The molecule has 0 fully saturated rings. The van der Waals surface area contributed by atoms with Crippen LogP contribution in [0.25, 0.3) is 0 Å². The number of rotatable bonds is 15. The Hall–Kier alpha value is -0.830. The van der Waals surface area contributed by atoms with Gasteiger partial charge in [0.1, 0.15) is 5.84 Å². The maximum Gasteiger partial charge on any atom is 0.100 e. The highest BCUT2D eigenvalue weighted by Gasteiger charge is 2.18. The van der Waals surface area contributed by atoms with Crippen molar-refractivity contribution in [1.82, 2.24) is 4.90 Å². The van der Waals surface area contributed by atoms with Gasteiger partial charge in [0.15, 0.2) is 0 Å². The molecule has 0 saturated heterocycles. The van der Waals surface area contributed by atoms with Crippen molar-refractivity contribution in [3.05, 3.63) is 12.2 Å². The van der Waals surface area contributed by atoms with Crippen LogP contribution < -0.4 is 5.73 Å². The van der Waals surface area contributed by atoms with Crippen LogP contribution in [0.4, 0.5) is 0 Å². The monoisotopic (exact) mass is 335 g/mol. The average Bonchev–Trinajstić information content (AvgIpc) is 3.04. The van der Waals surface area contributed by atoms with Crippen LogP contribution in [0.3, 0.4) is 0 Å². The summed E-state index contributed by atoms with van der Waals surface area (Å²) >= 11 is 0. The van der Waals surface area contributed by atoms with Crippen molar-refractivity contribution in [3.63, 3.8) is 0 Å². The van der Waals surface area contributed by atoms with E-state index in [0.717, 1.165) is 19.5 Å². The number of aliphatic imine (C=N–C) groups is 1. The third-order valence-corrected chi connectivity index (χ3v) is 4.87. The first-order chi connectivity index (χ1) is 11.8. The van der Waals surface area contributed by atoms with Crippen LogP contribution in [0, 0.1) is 0 Å². The molecule has 24 heavy (non-hydrogen) atoms. The van der Waals surface area contributed by atoms with E-state index in [9.17, 15) is 0 Å². The zero-order valence-corrected chi connectivity index (χ0v) is 16.3. The predicted molar refractivity (Wildman–Crippen MR) is 107 cm³/mol. The largest absolute Gasteiger partial charge is 0.343 e. The summed E-state index contributed by atoms with van der Waals surface area (Å²) in [6.45, 7) is 6.25. The van der Waals surface area contributed by atoms with Gasteiger partial charge < -0.3 is 10.6 Å². The fraction of sp³-hybridized carbons (Fsp3) is 0.857. The van der Waals surface area contributed by atoms with Gasteiger partial charge in [0, 0.05) is 13.0 Å². The number of nitrogens with zero attached hydrogens (tertiary/aromatic N) is 2. The number of nitrogens with two attached hydrogens (primary N) is 1. The minimum absolute atomic E-state index is 0.105. The number of allylic oxidation sites excluding steroid dienone is 2. The van der Waals surface area contributed by atoms with Gasteiger partial charge in [-0.05, 0) is 32.6 Å². The third kappa shape index (κ3) is 10.1. The first-order valence-electron chi connectivity index (χ1n) is 10.5. The fourth-order valence-corrected chi connectivity index (χ4v) is 3.35. The van der Waals surface area contributed by atoms with Gasteiger partial charge in [0.25, 0.3) is 0 Å². The highest BCUT2D eigenvalue weighted by Crippen LogP contribution is 2.12. The topological polar surface area (TPSA) is 41.6 Å². The lowest BCUT2D eigenvalue weighted by atomic mass is 10.1. The summed E-state index contributed by atoms with van der Waals surface area (Å²) in [5, 5.41) is 0. The zero-order valence-electron chi connectivity index (χ0n) is 16.3. The van der Waals surface area contributed by atoms with E-state index in [1.54, 1.807) is 0 Å². The lowest BCUT2D eigenvalue weighted by molar-refractivity contribution is 0.359. The molecule has 1 aliphatic heterocycles. The molecule has 0 aromatic carbocycles. The van der Waals surface area contributed by atoms with Crippen molar-refractivity contribution in [2.24, 2.45) is 10.7 Å². The van der Waals surface area contributed by atoms with Crippen molar-refractivity contribution in [2.75, 3.05) is 13.1 Å². The summed E-state index contributed by atoms with van der Waals surface area (Å²) in [6.07, 6.45) is 22.2. The van der Waals surface area contributed by atoms with Crippen LogP contribution in [-0.4, -0.2) is 30.0 Å². The molecule has 1 rings (SSSR count). The van der Waals surface area contributed by atoms with Gasteiger partial charge in [-0.15, -0.1) is 0 Å². The first-order valence-corrected chi connectivity index (χ1v) is 10.5. The van der Waals surface area contributed by atoms with E-state index in [0.29, 0.717) is 0 Å². The smallest absolute Gasteiger partial charge is 0.100 e. The summed E-state index contributed by atoms with van der Waals surface area (Å²) in [5.41, 5.74) is 5.97. The van der Waals surface area contributed by atoms with Gasteiger partial charge in [-0.3, -0.25) is 4.99 Å². The minimum Gasteiger partial charge on any atom is -0.343 e. The molecule has 0 radical (unpaired) electrons. The van der Waals surface area contributed by atoms with E-state index in [4.69, 9.17) is 5.73 Å². The quantitative estimate of drug-likeness (QED) is 0.310. The maximum atomic E-state index is 5.97. The molecular weight excluding hydrogens is 294 g/mol. The summed E-state index contributed by atoms with van der Waals surface area (Å²) in [7, 11) is 0. The molecule has 1 unspecified atom stereocenters. The molecule has 3 nitrogen and oxygen atoms in total. The molecule has 0 saturated carbocycles. The predicted octanol–water partition coefficient (Wildman–Crippen LogP) is 5.65. The Bertz CT molecular complexity index is 347. The molecule has 2 N–H and O–H groups in total. The number of unbranched alkanes of at least 4 members (excludes halogenated alkanes) is 10. The maximum absolute atomic E-state index is 5.97. The molecular formula is C21H41N3. The molecule has 1 aliphatic rings. The molecule has 1 heterocycles. The van der Waals surface area contributed by atoms with Gasteiger partial charge in [0.2, 0.25) is 0 Å². The van der Waals surface area contributed by atoms with Crippen molar-refractivity contribution >= 4 is 5.84 Å². The van der Waals surface area contributed by atoms with Gasteiger partial charge >= 0.3 is 0 Å². The number of hydrogen-bond acceptors (Lipinski definition) is 3. The van der Waals surface area contributed by atoms with E-state index in [1.165, 1.54) is 82.9 Å². The summed E-state index contributed by atoms with van der Waals surface area (Å²) < 4.78 is 0. The van der Waals surface area contributed by atoms with Crippen molar-refractivity contribution in [2.45, 2.75) is 103 Å². The number of hydrogen-bond donors (Lipinski definition) is 1. The summed E-state index contributed by atoms with van der Waals surface area (Å²) in [6, 6.07) is 0. The second-order valence-electron chi connectivity index (χ2n) is 7.21. The van der Waals surface area contributed by atoms with Crippen molar-refractivity contribution in [3.8, 4) is 0 Å². The molecule has 0 amide bonds. The summed E-state index contributed by atoms with van der Waals surface area (Å²) in [5.74, 6) is 1.22. The fourth-order valence-electron chi connectivity index (χ4n) is 3.35. The van der Waals surface area contributed by atoms with E-state index in [2.05, 4.69) is 29.0 Å². The summed E-state index contributed by atoms with van der Waals surface area (Å²) in [4.78, 5) is 6.82. The van der Waals surface area contributed by atoms with Gasteiger partial charge in [0.05, 0.1) is 12.7 Å². The van der Waals surface area contributed by atoms with E-state index in [1.807, 2.05) is 6.92 Å². The first kappa shape index (κ1) is 21.2. The number of amidine groups is 1. The zero-order chi connectivity index (χ0) is 17.5. The Morgan fingerprint density at radius 2 is 1.54 bits per heavy atom. The Labute approximate surface area is 150 Å². The third-order valence-electron chi connectivity index (χ3n) is 4.87. The molecule has 140 valence electrons. The standard InChI is InChI=1S/C21H41N3/c1-3-4-5-6-7-8-9-10-11-12-13-14-15-16-17-21-23-18-19-24(21)20(2)22/h13-14,20H,3-12,15-19,22H2,1-2H3/b14-13+. The molecule has 0 aromatic rings. The Morgan fingerprint density at radius 1 is 0.958 bits per heavy atom. The Kier molecular flexibility index (Phi) is 12.8. The average molecular weight is 336 g/mol. The molecule has 0 aliphatic carbocycles. The SMILES string of the molecule is CCCCCCCCCCC/C=C/CCCC1=NCCN1C(C)N. The van der Waals surface area contributed by atoms with E-state index < -0.39 is 0 Å². The second-order valence-corrected chi connectivity index (χ2v) is 7.21. The van der Waals surface area contributed by atoms with Crippen LogP contribution in [-0.2, 0) is 0 Å². The van der Waals surface area contributed by atoms with E-state index in [-0.39, 0.29) is 6.17 Å². The lowest BCUT2D eigenvalue weighted by Crippen LogP contribution is -2.41. The van der Waals surface area contributed by atoms with Crippen molar-refractivity contribution in [1.29, 1.82) is 0 Å². The van der Waals surface area contributed by atoms with Crippen LogP contribution in [0.2, 0.25) is 0 Å².